The van der Waals surface area contributed by atoms with Gasteiger partial charge in [-0.05, 0) is 44.3 Å². The number of H-pyrrole nitrogens is 1. The van der Waals surface area contributed by atoms with Crippen molar-refractivity contribution in [2.75, 3.05) is 6.61 Å². The summed E-state index contributed by atoms with van der Waals surface area (Å²) < 4.78 is 9.07. The maximum atomic E-state index is 5.52. The van der Waals surface area contributed by atoms with Crippen LogP contribution in [0.15, 0.2) is 35.4 Å². The van der Waals surface area contributed by atoms with E-state index in [0.29, 0.717) is 16.5 Å². The summed E-state index contributed by atoms with van der Waals surface area (Å²) >= 11 is 5.27. The Balaban J connectivity index is 1.99. The molecule has 0 radical (unpaired) electrons. The molecular weight excluding hydrogens is 336 g/mol. The smallest absolute Gasteiger partial charge is 0.271 e. The third-order valence-corrected chi connectivity index (χ3v) is 3.64. The topological polar surface area (TPSA) is 73.0 Å². The lowest BCUT2D eigenvalue weighted by atomic mass is 10.2. The minimum Gasteiger partial charge on any atom is -0.480 e. The number of terminal acetylenes is 1. The lowest BCUT2D eigenvalue weighted by Gasteiger charge is -2.06. The third-order valence-electron chi connectivity index (χ3n) is 3.37. The highest BCUT2D eigenvalue weighted by Crippen LogP contribution is 2.16. The predicted molar refractivity (Wildman–Crippen MR) is 97.8 cm³/mol. The highest BCUT2D eigenvalue weighted by Gasteiger charge is 2.12. The monoisotopic (exact) mass is 352 g/mol. The first-order valence-electron chi connectivity index (χ1n) is 7.51. The molecule has 2 heterocycles. The number of nitrogens with zero attached hydrogens (tertiary/aromatic N) is 5. The van der Waals surface area contributed by atoms with Crippen molar-refractivity contribution >= 4 is 18.4 Å². The lowest BCUT2D eigenvalue weighted by molar-refractivity contribution is 0.370. The van der Waals surface area contributed by atoms with E-state index in [1.54, 1.807) is 10.9 Å². The van der Waals surface area contributed by atoms with Crippen LogP contribution in [-0.2, 0) is 0 Å². The molecule has 2 aromatic heterocycles. The van der Waals surface area contributed by atoms with Crippen LogP contribution in [0.2, 0.25) is 0 Å². The van der Waals surface area contributed by atoms with Crippen molar-refractivity contribution in [2.45, 2.75) is 13.8 Å². The van der Waals surface area contributed by atoms with Gasteiger partial charge in [0, 0.05) is 11.3 Å². The Morgan fingerprint density at radius 1 is 1.40 bits per heavy atom. The fourth-order valence-electron chi connectivity index (χ4n) is 2.31. The molecule has 0 bridgehead atoms. The van der Waals surface area contributed by atoms with E-state index >= 15 is 0 Å². The van der Waals surface area contributed by atoms with Crippen LogP contribution in [0, 0.1) is 31.0 Å². The molecule has 0 spiro atoms. The number of benzene rings is 1. The molecule has 7 nitrogen and oxygen atoms in total. The minimum absolute atomic E-state index is 0.188. The molecule has 0 amide bonds. The van der Waals surface area contributed by atoms with Crippen LogP contribution >= 0.6 is 12.2 Å². The molecule has 0 fully saturated rings. The van der Waals surface area contributed by atoms with Crippen LogP contribution in [-0.4, -0.2) is 37.5 Å². The molecule has 3 rings (SSSR count). The third kappa shape index (κ3) is 3.51. The van der Waals surface area contributed by atoms with Crippen LogP contribution in [0.25, 0.3) is 5.95 Å². The number of aromatic nitrogens is 5. The van der Waals surface area contributed by atoms with E-state index in [2.05, 4.69) is 26.3 Å². The molecule has 3 aromatic rings. The Morgan fingerprint density at radius 3 is 2.92 bits per heavy atom. The van der Waals surface area contributed by atoms with Gasteiger partial charge in [-0.15, -0.1) is 11.5 Å². The summed E-state index contributed by atoms with van der Waals surface area (Å²) in [6, 6.07) is 9.42. The Hall–Kier alpha value is -3.18. The molecule has 126 valence electrons. The number of nitrogens with one attached hydrogen (secondary N) is 1. The molecule has 8 heteroatoms. The zero-order chi connectivity index (χ0) is 17.8. The molecule has 1 N–H and O–H groups in total. The zero-order valence-electron chi connectivity index (χ0n) is 13.8. The molecule has 0 aliphatic heterocycles. The molecule has 0 unspecified atom stereocenters. The van der Waals surface area contributed by atoms with E-state index in [0.717, 1.165) is 17.0 Å². The van der Waals surface area contributed by atoms with Gasteiger partial charge in [0.1, 0.15) is 12.4 Å². The summed E-state index contributed by atoms with van der Waals surface area (Å²) in [5.41, 5.74) is 2.59. The summed E-state index contributed by atoms with van der Waals surface area (Å²) in [5, 5.41) is 15.8. The molecule has 0 aliphatic rings. The van der Waals surface area contributed by atoms with Crippen LogP contribution in [0.3, 0.4) is 0 Å². The van der Waals surface area contributed by atoms with Crippen molar-refractivity contribution in [1.82, 2.24) is 24.7 Å². The Kier molecular flexibility index (Phi) is 4.77. The number of aromatic amines is 1. The van der Waals surface area contributed by atoms with Crippen molar-refractivity contribution in [3.63, 3.8) is 0 Å². The van der Waals surface area contributed by atoms with Gasteiger partial charge >= 0.3 is 0 Å². The Bertz CT molecular complexity index is 1020. The van der Waals surface area contributed by atoms with Crippen molar-refractivity contribution in [1.29, 1.82) is 0 Å². The fourth-order valence-corrected chi connectivity index (χ4v) is 2.49. The number of para-hydroxylation sites is 1. The van der Waals surface area contributed by atoms with Gasteiger partial charge in [0.15, 0.2) is 0 Å². The largest absolute Gasteiger partial charge is 0.480 e. The van der Waals surface area contributed by atoms with Crippen LogP contribution in [0.1, 0.15) is 17.0 Å². The predicted octanol–water partition coefficient (Wildman–Crippen LogP) is 2.64. The van der Waals surface area contributed by atoms with Gasteiger partial charge in [-0.3, -0.25) is 0 Å². The fraction of sp³-hybridized carbons (Fsp3) is 0.176. The quantitative estimate of drug-likeness (QED) is 0.435. The number of rotatable bonds is 5. The van der Waals surface area contributed by atoms with E-state index in [9.17, 15) is 0 Å². The molecule has 25 heavy (non-hydrogen) atoms. The van der Waals surface area contributed by atoms with E-state index in [1.807, 2.05) is 44.2 Å². The van der Waals surface area contributed by atoms with Crippen molar-refractivity contribution in [3.8, 4) is 24.0 Å². The summed E-state index contributed by atoms with van der Waals surface area (Å²) in [5.74, 6) is 3.57. The Morgan fingerprint density at radius 2 is 2.20 bits per heavy atom. The van der Waals surface area contributed by atoms with Gasteiger partial charge in [-0.2, -0.15) is 14.9 Å². The first-order valence-corrected chi connectivity index (χ1v) is 7.91. The van der Waals surface area contributed by atoms with E-state index in [-0.39, 0.29) is 6.61 Å². The van der Waals surface area contributed by atoms with Crippen LogP contribution in [0.4, 0.5) is 0 Å². The van der Waals surface area contributed by atoms with Gasteiger partial charge < -0.3 is 4.74 Å². The number of hydrogen-bond donors (Lipinski definition) is 1. The first kappa shape index (κ1) is 16.7. The molecular formula is C17H16N6OS. The van der Waals surface area contributed by atoms with Crippen molar-refractivity contribution in [3.05, 3.63) is 52.1 Å². The summed E-state index contributed by atoms with van der Waals surface area (Å²) in [6.45, 7) is 4.04. The summed E-state index contributed by atoms with van der Waals surface area (Å²) in [6.07, 6.45) is 6.89. The van der Waals surface area contributed by atoms with Gasteiger partial charge in [0.25, 0.3) is 5.95 Å². The average molecular weight is 352 g/mol. The van der Waals surface area contributed by atoms with Gasteiger partial charge in [0.05, 0.1) is 11.9 Å². The standard InChI is InChI=1S/C17H16N6OS/c1-4-9-24-15-8-6-5-7-14(15)11-18-23-16(19-20-17(23)25)22-13(3)10-12(2)21-22/h1,5-8,10-11H,9H2,2-3H3,(H,20,25). The van der Waals surface area contributed by atoms with Gasteiger partial charge in [-0.25, -0.2) is 9.78 Å². The van der Waals surface area contributed by atoms with Gasteiger partial charge in [0.2, 0.25) is 4.77 Å². The summed E-state index contributed by atoms with van der Waals surface area (Å²) in [7, 11) is 0. The second-order valence-electron chi connectivity index (χ2n) is 5.25. The van der Waals surface area contributed by atoms with E-state index in [4.69, 9.17) is 23.4 Å². The van der Waals surface area contributed by atoms with Crippen LogP contribution < -0.4 is 4.74 Å². The molecule has 0 atom stereocenters. The average Bonchev–Trinajstić information content (AvgIpc) is 3.13. The SMILES string of the molecule is C#CCOc1ccccc1C=Nn1c(-n2nc(C)cc2C)n[nH]c1=S. The maximum absolute atomic E-state index is 5.52. The van der Waals surface area contributed by atoms with Crippen molar-refractivity contribution in [2.24, 2.45) is 5.10 Å². The number of hydrogen-bond acceptors (Lipinski definition) is 5. The van der Waals surface area contributed by atoms with E-state index in [1.165, 1.54) is 4.68 Å². The van der Waals surface area contributed by atoms with E-state index < -0.39 is 0 Å². The minimum atomic E-state index is 0.188. The lowest BCUT2D eigenvalue weighted by Crippen LogP contribution is -2.07. The second kappa shape index (κ2) is 7.15. The molecule has 0 saturated heterocycles. The van der Waals surface area contributed by atoms with Gasteiger partial charge in [-0.1, -0.05) is 18.1 Å². The highest BCUT2D eigenvalue weighted by atomic mass is 32.1. The number of ether oxygens (including phenoxy) is 1. The Labute approximate surface area is 150 Å². The first-order chi connectivity index (χ1) is 12.1. The van der Waals surface area contributed by atoms with Crippen LogP contribution in [0.5, 0.6) is 5.75 Å². The normalized spacial score (nSPS) is 10.9. The zero-order valence-corrected chi connectivity index (χ0v) is 14.6. The maximum Gasteiger partial charge on any atom is 0.271 e. The number of aryl methyl sites for hydroxylation is 2. The second-order valence-corrected chi connectivity index (χ2v) is 5.64. The summed E-state index contributed by atoms with van der Waals surface area (Å²) in [4.78, 5) is 0. The molecule has 0 aliphatic carbocycles. The van der Waals surface area contributed by atoms with Crippen molar-refractivity contribution < 1.29 is 4.74 Å². The highest BCUT2D eigenvalue weighted by molar-refractivity contribution is 7.71. The molecule has 0 saturated carbocycles. The molecule has 1 aromatic carbocycles.